The minimum absolute atomic E-state index is 0.375. The van der Waals surface area contributed by atoms with Crippen molar-refractivity contribution in [2.45, 2.75) is 38.8 Å². The van der Waals surface area contributed by atoms with Crippen molar-refractivity contribution in [1.29, 1.82) is 0 Å². The van der Waals surface area contributed by atoms with E-state index in [0.717, 1.165) is 12.0 Å². The molecule has 0 radical (unpaired) electrons. The molecule has 0 unspecified atom stereocenters. The minimum Gasteiger partial charge on any atom is -0.465 e. The zero-order chi connectivity index (χ0) is 14.4. The molecule has 1 aromatic carbocycles. The highest BCUT2D eigenvalue weighted by Gasteiger charge is 2.17. The molecule has 0 amide bonds. The zero-order valence-electron chi connectivity index (χ0n) is 11.8. The summed E-state index contributed by atoms with van der Waals surface area (Å²) >= 11 is 0. The quantitative estimate of drug-likeness (QED) is 0.774. The van der Waals surface area contributed by atoms with Crippen molar-refractivity contribution in [3.63, 3.8) is 0 Å². The summed E-state index contributed by atoms with van der Waals surface area (Å²) in [5, 5.41) is 10.0. The van der Waals surface area contributed by atoms with Gasteiger partial charge in [0, 0.05) is 0 Å². The number of methoxy groups -OCH3 is 1. The number of esters is 1. The molecule has 0 heterocycles. The van der Waals surface area contributed by atoms with Crippen LogP contribution < -0.4 is 5.73 Å². The lowest BCUT2D eigenvalue weighted by molar-refractivity contribution is 0.0600. The summed E-state index contributed by atoms with van der Waals surface area (Å²) in [5.41, 5.74) is 7.32. The monoisotopic (exact) mass is 265 g/mol. The summed E-state index contributed by atoms with van der Waals surface area (Å²) in [4.78, 5) is 11.3. The van der Waals surface area contributed by atoms with Gasteiger partial charge in [0.05, 0.1) is 24.8 Å². The second-order valence-corrected chi connectivity index (χ2v) is 5.18. The van der Waals surface area contributed by atoms with Gasteiger partial charge in [0.15, 0.2) is 0 Å². The number of ether oxygens (including phenoxy) is 1. The Morgan fingerprint density at radius 2 is 1.84 bits per heavy atom. The Hall–Kier alpha value is -1.39. The first-order valence-corrected chi connectivity index (χ1v) is 6.57. The SMILES string of the molecule is COC(=O)c1ccc([C@@H](N)[C@@H](O)CCC(C)C)cc1. The lowest BCUT2D eigenvalue weighted by Crippen LogP contribution is -2.26. The van der Waals surface area contributed by atoms with Crippen LogP contribution in [0.5, 0.6) is 0 Å². The van der Waals surface area contributed by atoms with Crippen LogP contribution in [-0.2, 0) is 4.74 Å². The highest BCUT2D eigenvalue weighted by atomic mass is 16.5. The van der Waals surface area contributed by atoms with Crippen molar-refractivity contribution < 1.29 is 14.6 Å². The van der Waals surface area contributed by atoms with E-state index in [1.807, 2.05) is 0 Å². The topological polar surface area (TPSA) is 72.5 Å². The fourth-order valence-corrected chi connectivity index (χ4v) is 1.87. The van der Waals surface area contributed by atoms with Crippen LogP contribution in [0.3, 0.4) is 0 Å². The molecule has 106 valence electrons. The van der Waals surface area contributed by atoms with Gasteiger partial charge in [-0.05, 0) is 36.5 Å². The molecule has 0 fully saturated rings. The van der Waals surface area contributed by atoms with Crippen molar-refractivity contribution in [1.82, 2.24) is 0 Å². The van der Waals surface area contributed by atoms with Gasteiger partial charge in [-0.1, -0.05) is 26.0 Å². The number of carbonyl (C=O) groups is 1. The lowest BCUT2D eigenvalue weighted by atomic mass is 9.95. The first-order chi connectivity index (χ1) is 8.95. The molecule has 2 atom stereocenters. The Balaban J connectivity index is 2.66. The van der Waals surface area contributed by atoms with Crippen LogP contribution in [0.1, 0.15) is 48.7 Å². The van der Waals surface area contributed by atoms with Crippen LogP contribution in [0.15, 0.2) is 24.3 Å². The van der Waals surface area contributed by atoms with E-state index in [0.29, 0.717) is 17.9 Å². The molecule has 0 saturated carbocycles. The van der Waals surface area contributed by atoms with Crippen molar-refractivity contribution in [3.8, 4) is 0 Å². The summed E-state index contributed by atoms with van der Waals surface area (Å²) in [6, 6.07) is 6.42. The van der Waals surface area contributed by atoms with Crippen molar-refractivity contribution in [3.05, 3.63) is 35.4 Å². The summed E-state index contributed by atoms with van der Waals surface area (Å²) in [5.74, 6) is 0.170. The smallest absolute Gasteiger partial charge is 0.337 e. The lowest BCUT2D eigenvalue weighted by Gasteiger charge is -2.20. The summed E-state index contributed by atoms with van der Waals surface area (Å²) in [6.45, 7) is 4.23. The molecule has 0 aromatic heterocycles. The Morgan fingerprint density at radius 3 is 2.32 bits per heavy atom. The Kier molecular flexibility index (Phi) is 5.99. The molecule has 3 N–H and O–H groups in total. The van der Waals surface area contributed by atoms with Gasteiger partial charge < -0.3 is 15.6 Å². The van der Waals surface area contributed by atoms with Crippen molar-refractivity contribution in [2.24, 2.45) is 11.7 Å². The van der Waals surface area contributed by atoms with Crippen LogP contribution in [0.2, 0.25) is 0 Å². The third-order valence-electron chi connectivity index (χ3n) is 3.17. The third-order valence-corrected chi connectivity index (χ3v) is 3.17. The maximum absolute atomic E-state index is 11.3. The minimum atomic E-state index is -0.564. The van der Waals surface area contributed by atoms with E-state index < -0.39 is 12.1 Å². The molecule has 0 aliphatic heterocycles. The number of hydrogen-bond acceptors (Lipinski definition) is 4. The number of aliphatic hydroxyl groups excluding tert-OH is 1. The van der Waals surface area contributed by atoms with Crippen molar-refractivity contribution in [2.75, 3.05) is 7.11 Å². The van der Waals surface area contributed by atoms with Crippen LogP contribution >= 0.6 is 0 Å². The van der Waals surface area contributed by atoms with Gasteiger partial charge in [0.2, 0.25) is 0 Å². The molecule has 19 heavy (non-hydrogen) atoms. The largest absolute Gasteiger partial charge is 0.465 e. The van der Waals surface area contributed by atoms with E-state index in [1.54, 1.807) is 24.3 Å². The second-order valence-electron chi connectivity index (χ2n) is 5.18. The maximum atomic E-state index is 11.3. The highest BCUT2D eigenvalue weighted by Crippen LogP contribution is 2.20. The van der Waals surface area contributed by atoms with E-state index in [4.69, 9.17) is 5.73 Å². The number of hydrogen-bond donors (Lipinski definition) is 2. The van der Waals surface area contributed by atoms with E-state index in [-0.39, 0.29) is 5.97 Å². The molecular formula is C15H23NO3. The summed E-state index contributed by atoms with van der Waals surface area (Å²) in [7, 11) is 1.34. The molecule has 1 rings (SSSR count). The standard InChI is InChI=1S/C15H23NO3/c1-10(2)4-9-13(17)14(16)11-5-7-12(8-6-11)15(18)19-3/h5-8,10,13-14,17H,4,9,16H2,1-3H3/t13-,14+/m0/s1. The summed E-state index contributed by atoms with van der Waals surface area (Å²) in [6.07, 6.45) is 1.05. The van der Waals surface area contributed by atoms with Crippen LogP contribution in [-0.4, -0.2) is 24.3 Å². The van der Waals surface area contributed by atoms with Gasteiger partial charge in [-0.25, -0.2) is 4.79 Å². The summed E-state index contributed by atoms with van der Waals surface area (Å²) < 4.78 is 4.63. The van der Waals surface area contributed by atoms with Gasteiger partial charge in [0.1, 0.15) is 0 Å². The number of rotatable bonds is 6. The maximum Gasteiger partial charge on any atom is 0.337 e. The molecule has 0 bridgehead atoms. The molecule has 4 heteroatoms. The zero-order valence-corrected chi connectivity index (χ0v) is 11.8. The first-order valence-electron chi connectivity index (χ1n) is 6.57. The molecule has 1 aromatic rings. The molecule has 4 nitrogen and oxygen atoms in total. The van der Waals surface area contributed by atoms with Gasteiger partial charge in [-0.15, -0.1) is 0 Å². The Morgan fingerprint density at radius 1 is 1.26 bits per heavy atom. The number of aliphatic hydroxyl groups is 1. The first kappa shape index (κ1) is 15.7. The number of carbonyl (C=O) groups excluding carboxylic acids is 1. The van der Waals surface area contributed by atoms with Crippen LogP contribution in [0.25, 0.3) is 0 Å². The second kappa shape index (κ2) is 7.26. The Bertz CT molecular complexity index is 400. The molecule has 0 spiro atoms. The predicted molar refractivity (Wildman–Crippen MR) is 74.8 cm³/mol. The molecule has 0 aliphatic rings. The van der Waals surface area contributed by atoms with E-state index >= 15 is 0 Å². The highest BCUT2D eigenvalue weighted by molar-refractivity contribution is 5.89. The van der Waals surface area contributed by atoms with Gasteiger partial charge in [0.25, 0.3) is 0 Å². The van der Waals surface area contributed by atoms with E-state index in [1.165, 1.54) is 7.11 Å². The van der Waals surface area contributed by atoms with Crippen LogP contribution in [0.4, 0.5) is 0 Å². The van der Waals surface area contributed by atoms with Gasteiger partial charge >= 0.3 is 5.97 Å². The molecular weight excluding hydrogens is 242 g/mol. The number of nitrogens with two attached hydrogens (primary N) is 1. The molecule has 0 saturated heterocycles. The van der Waals surface area contributed by atoms with Crippen molar-refractivity contribution >= 4 is 5.97 Å². The predicted octanol–water partition coefficient (Wildman–Crippen LogP) is 2.27. The van der Waals surface area contributed by atoms with Gasteiger partial charge in [-0.2, -0.15) is 0 Å². The van der Waals surface area contributed by atoms with Gasteiger partial charge in [-0.3, -0.25) is 0 Å². The number of benzene rings is 1. The fourth-order valence-electron chi connectivity index (χ4n) is 1.87. The van der Waals surface area contributed by atoms with E-state index in [2.05, 4.69) is 18.6 Å². The molecule has 0 aliphatic carbocycles. The average Bonchev–Trinajstić information content (AvgIpc) is 2.43. The van der Waals surface area contributed by atoms with Crippen LogP contribution in [0, 0.1) is 5.92 Å². The third kappa shape index (κ3) is 4.65. The average molecular weight is 265 g/mol. The Labute approximate surface area is 114 Å². The van der Waals surface area contributed by atoms with E-state index in [9.17, 15) is 9.90 Å². The normalized spacial score (nSPS) is 14.2. The fraction of sp³-hybridized carbons (Fsp3) is 0.533.